The molecule has 0 aliphatic heterocycles. The van der Waals surface area contributed by atoms with Gasteiger partial charge < -0.3 is 4.74 Å². The molecule has 0 aliphatic rings. The predicted octanol–water partition coefficient (Wildman–Crippen LogP) is 2.29. The van der Waals surface area contributed by atoms with E-state index < -0.39 is 12.1 Å². The monoisotopic (exact) mass is 333 g/mol. The number of aromatic nitrogens is 5. The lowest BCUT2D eigenvalue weighted by Gasteiger charge is -2.15. The highest BCUT2D eigenvalue weighted by Gasteiger charge is 2.19. The van der Waals surface area contributed by atoms with Crippen molar-refractivity contribution in [2.75, 3.05) is 0 Å². The lowest BCUT2D eigenvalue weighted by atomic mass is 10.1. The summed E-state index contributed by atoms with van der Waals surface area (Å²) in [5, 5.41) is 11.1. The number of esters is 1. The maximum Gasteiger partial charge on any atom is 0.338 e. The molecule has 0 aliphatic carbocycles. The highest BCUT2D eigenvalue weighted by molar-refractivity contribution is 5.90. The number of ether oxygens (including phenoxy) is 1. The molecule has 0 amide bonds. The summed E-state index contributed by atoms with van der Waals surface area (Å²) in [7, 11) is 0. The van der Waals surface area contributed by atoms with E-state index in [0.29, 0.717) is 11.3 Å². The van der Waals surface area contributed by atoms with Crippen LogP contribution in [0.5, 0.6) is 0 Å². The number of pyridine rings is 1. The Kier molecular flexibility index (Phi) is 4.81. The van der Waals surface area contributed by atoms with Gasteiger partial charge >= 0.3 is 5.97 Å². The van der Waals surface area contributed by atoms with Crippen LogP contribution in [0.4, 0.5) is 0 Å². The fourth-order valence-electron chi connectivity index (χ4n) is 2.39. The summed E-state index contributed by atoms with van der Waals surface area (Å²) in [6.07, 6.45) is 8.19. The molecular formula is C18H15N5O2. The van der Waals surface area contributed by atoms with E-state index in [2.05, 4.69) is 26.4 Å². The fourth-order valence-corrected chi connectivity index (χ4v) is 2.39. The quantitative estimate of drug-likeness (QED) is 0.526. The molecule has 25 heavy (non-hydrogen) atoms. The van der Waals surface area contributed by atoms with Gasteiger partial charge in [-0.2, -0.15) is 0 Å². The van der Waals surface area contributed by atoms with Crippen molar-refractivity contribution in [2.24, 2.45) is 0 Å². The van der Waals surface area contributed by atoms with Crippen LogP contribution in [0.25, 0.3) is 5.69 Å². The number of tetrazole rings is 1. The number of benzene rings is 1. The van der Waals surface area contributed by atoms with Crippen molar-refractivity contribution in [3.05, 3.63) is 65.7 Å². The van der Waals surface area contributed by atoms with Gasteiger partial charge in [-0.25, -0.2) is 9.48 Å². The van der Waals surface area contributed by atoms with Crippen molar-refractivity contribution >= 4 is 5.97 Å². The van der Waals surface area contributed by atoms with E-state index in [4.69, 9.17) is 11.2 Å². The molecule has 0 N–H and O–H groups in total. The van der Waals surface area contributed by atoms with Gasteiger partial charge in [0, 0.05) is 6.20 Å². The molecule has 0 radical (unpaired) electrons. The first-order chi connectivity index (χ1) is 12.2. The smallest absolute Gasteiger partial charge is 0.338 e. The van der Waals surface area contributed by atoms with Gasteiger partial charge in [0.05, 0.1) is 23.4 Å². The standard InChI is InChI=1S/C18H15N5O2/c1-3-6-17(15-7-4-5-10-19-15)25-18(24)14-8-9-16(13(2)11-14)23-12-20-21-22-23/h1,4-5,7-12,17H,6H2,2H3. The molecule has 1 unspecified atom stereocenters. The van der Waals surface area contributed by atoms with E-state index in [9.17, 15) is 4.79 Å². The zero-order chi connectivity index (χ0) is 17.6. The second-order valence-electron chi connectivity index (χ2n) is 5.31. The van der Waals surface area contributed by atoms with Crippen LogP contribution in [-0.4, -0.2) is 31.2 Å². The zero-order valence-corrected chi connectivity index (χ0v) is 13.5. The average Bonchev–Trinajstić information content (AvgIpc) is 3.16. The van der Waals surface area contributed by atoms with Crippen molar-refractivity contribution in [3.63, 3.8) is 0 Å². The summed E-state index contributed by atoms with van der Waals surface area (Å²) in [6, 6.07) is 10.5. The van der Waals surface area contributed by atoms with Crippen LogP contribution in [-0.2, 0) is 4.74 Å². The second-order valence-corrected chi connectivity index (χ2v) is 5.31. The minimum atomic E-state index is -0.585. The molecule has 3 rings (SSSR count). The molecule has 1 aromatic carbocycles. The molecule has 1 atom stereocenters. The summed E-state index contributed by atoms with van der Waals surface area (Å²) < 4.78 is 7.08. The molecule has 124 valence electrons. The van der Waals surface area contributed by atoms with Gasteiger partial charge in [-0.3, -0.25) is 4.98 Å². The highest BCUT2D eigenvalue weighted by atomic mass is 16.5. The number of hydrogen-bond donors (Lipinski definition) is 0. The molecule has 0 bridgehead atoms. The summed E-state index contributed by atoms with van der Waals surface area (Å²) in [5.41, 5.74) is 2.67. The van der Waals surface area contributed by atoms with Crippen LogP contribution in [0, 0.1) is 19.3 Å². The van der Waals surface area contributed by atoms with E-state index in [0.717, 1.165) is 11.3 Å². The molecule has 0 spiro atoms. The number of nitrogens with zero attached hydrogens (tertiary/aromatic N) is 5. The third kappa shape index (κ3) is 3.70. The van der Waals surface area contributed by atoms with E-state index in [1.165, 1.54) is 11.0 Å². The van der Waals surface area contributed by atoms with Crippen LogP contribution in [0.3, 0.4) is 0 Å². The van der Waals surface area contributed by atoms with E-state index >= 15 is 0 Å². The topological polar surface area (TPSA) is 82.8 Å². The first-order valence-electron chi connectivity index (χ1n) is 7.58. The zero-order valence-electron chi connectivity index (χ0n) is 13.5. The summed E-state index contributed by atoms with van der Waals surface area (Å²) in [4.78, 5) is 16.7. The third-order valence-electron chi connectivity index (χ3n) is 3.60. The van der Waals surface area contributed by atoms with Crippen LogP contribution in [0.2, 0.25) is 0 Å². The number of rotatable bonds is 5. The van der Waals surface area contributed by atoms with Gasteiger partial charge in [0.25, 0.3) is 0 Å². The normalized spacial score (nSPS) is 11.5. The molecule has 2 heterocycles. The van der Waals surface area contributed by atoms with Gasteiger partial charge in [0.15, 0.2) is 6.10 Å². The number of carbonyl (C=O) groups excluding carboxylic acids is 1. The number of aryl methyl sites for hydroxylation is 1. The molecule has 0 fully saturated rings. The lowest BCUT2D eigenvalue weighted by Crippen LogP contribution is -2.13. The Morgan fingerprint density at radius 3 is 2.88 bits per heavy atom. The molecule has 0 saturated heterocycles. The van der Waals surface area contributed by atoms with Crippen LogP contribution in [0.1, 0.15) is 34.1 Å². The Balaban J connectivity index is 1.80. The van der Waals surface area contributed by atoms with Crippen LogP contribution < -0.4 is 0 Å². The first kappa shape index (κ1) is 16.3. The maximum atomic E-state index is 12.5. The van der Waals surface area contributed by atoms with Gasteiger partial charge in [-0.05, 0) is 53.2 Å². The van der Waals surface area contributed by atoms with Crippen LogP contribution in [0.15, 0.2) is 48.9 Å². The van der Waals surface area contributed by atoms with Crippen LogP contribution >= 0.6 is 0 Å². The minimum absolute atomic E-state index is 0.254. The predicted molar refractivity (Wildman–Crippen MR) is 89.7 cm³/mol. The fraction of sp³-hybridized carbons (Fsp3) is 0.167. The Morgan fingerprint density at radius 2 is 2.24 bits per heavy atom. The Hall–Kier alpha value is -3.53. The SMILES string of the molecule is C#CCC(OC(=O)c1ccc(-n2cnnn2)c(C)c1)c1ccccn1. The number of terminal acetylenes is 1. The summed E-state index contributed by atoms with van der Waals surface area (Å²) >= 11 is 0. The third-order valence-corrected chi connectivity index (χ3v) is 3.60. The van der Waals surface area contributed by atoms with Crippen molar-refractivity contribution < 1.29 is 9.53 Å². The largest absolute Gasteiger partial charge is 0.451 e. The Labute approximate surface area is 144 Å². The van der Waals surface area contributed by atoms with Gasteiger partial charge in [0.1, 0.15) is 6.33 Å². The maximum absolute atomic E-state index is 12.5. The van der Waals surface area contributed by atoms with Crippen molar-refractivity contribution in [1.82, 2.24) is 25.2 Å². The number of hydrogen-bond acceptors (Lipinski definition) is 6. The molecule has 2 aromatic heterocycles. The van der Waals surface area contributed by atoms with E-state index in [1.807, 2.05) is 13.0 Å². The average molecular weight is 333 g/mol. The molecule has 7 heteroatoms. The van der Waals surface area contributed by atoms with Gasteiger partial charge in [-0.15, -0.1) is 17.4 Å². The van der Waals surface area contributed by atoms with Crippen molar-refractivity contribution in [3.8, 4) is 18.0 Å². The Morgan fingerprint density at radius 1 is 1.36 bits per heavy atom. The molecule has 7 nitrogen and oxygen atoms in total. The molecule has 0 saturated carbocycles. The summed E-state index contributed by atoms with van der Waals surface area (Å²) in [6.45, 7) is 1.87. The van der Waals surface area contributed by atoms with E-state index in [-0.39, 0.29) is 6.42 Å². The lowest BCUT2D eigenvalue weighted by molar-refractivity contribution is 0.0298. The van der Waals surface area contributed by atoms with Gasteiger partial charge in [-0.1, -0.05) is 6.07 Å². The molecular weight excluding hydrogens is 318 g/mol. The minimum Gasteiger partial charge on any atom is -0.451 e. The second kappa shape index (κ2) is 7.36. The van der Waals surface area contributed by atoms with E-state index in [1.54, 1.807) is 36.5 Å². The summed E-state index contributed by atoms with van der Waals surface area (Å²) in [5.74, 6) is 2.06. The van der Waals surface area contributed by atoms with Gasteiger partial charge in [0.2, 0.25) is 0 Å². The highest BCUT2D eigenvalue weighted by Crippen LogP contribution is 2.22. The number of carbonyl (C=O) groups is 1. The first-order valence-corrected chi connectivity index (χ1v) is 7.58. The molecule has 3 aromatic rings. The Bertz CT molecular complexity index is 901. The van der Waals surface area contributed by atoms with Crippen molar-refractivity contribution in [1.29, 1.82) is 0 Å². The van der Waals surface area contributed by atoms with Crippen molar-refractivity contribution in [2.45, 2.75) is 19.4 Å².